The van der Waals surface area contributed by atoms with E-state index >= 15 is 0 Å². The number of nitrogens with zero attached hydrogens (tertiary/aromatic N) is 1. The molecule has 0 aliphatic rings. The van der Waals surface area contributed by atoms with Gasteiger partial charge in [0, 0.05) is 18.8 Å². The fraction of sp³-hybridized carbons (Fsp3) is 0.391. The van der Waals surface area contributed by atoms with E-state index in [4.69, 9.17) is 16.3 Å². The van der Waals surface area contributed by atoms with E-state index in [1.807, 2.05) is 39.0 Å². The third-order valence-electron chi connectivity index (χ3n) is 4.83. The zero-order chi connectivity index (χ0) is 24.1. The van der Waals surface area contributed by atoms with Crippen LogP contribution in [0.5, 0.6) is 0 Å². The Bertz CT molecular complexity index is 1090. The molecule has 0 spiro atoms. The van der Waals surface area contributed by atoms with Gasteiger partial charge in [0.05, 0.1) is 10.6 Å². The van der Waals surface area contributed by atoms with Gasteiger partial charge in [-0.15, -0.1) is 0 Å². The van der Waals surface area contributed by atoms with Gasteiger partial charge in [0.2, 0.25) is 10.0 Å². The predicted octanol–water partition coefficient (Wildman–Crippen LogP) is 4.46. The number of halogens is 1. The Morgan fingerprint density at radius 2 is 1.69 bits per heavy atom. The van der Waals surface area contributed by atoms with Crippen LogP contribution >= 0.6 is 11.6 Å². The van der Waals surface area contributed by atoms with Crippen molar-refractivity contribution in [1.29, 1.82) is 0 Å². The van der Waals surface area contributed by atoms with Gasteiger partial charge in [-0.05, 0) is 35.2 Å². The molecule has 0 heterocycles. The summed E-state index contributed by atoms with van der Waals surface area (Å²) in [4.78, 5) is 24.7. The molecule has 0 saturated heterocycles. The smallest absolute Gasteiger partial charge is 0.338 e. The lowest BCUT2D eigenvalue weighted by molar-refractivity contribution is -0.119. The van der Waals surface area contributed by atoms with Gasteiger partial charge in [0.25, 0.3) is 5.91 Å². The van der Waals surface area contributed by atoms with Crippen molar-refractivity contribution in [2.24, 2.45) is 0 Å². The van der Waals surface area contributed by atoms with Crippen molar-refractivity contribution in [1.82, 2.24) is 4.31 Å². The quantitative estimate of drug-likeness (QED) is 0.563. The summed E-state index contributed by atoms with van der Waals surface area (Å²) in [6, 6.07) is 11.3. The average molecular weight is 481 g/mol. The number of hydrogen-bond donors (Lipinski definition) is 1. The second-order valence-corrected chi connectivity index (χ2v) is 10.5. The lowest BCUT2D eigenvalue weighted by atomic mass is 9.86. The number of para-hydroxylation sites is 1. The maximum atomic E-state index is 12.8. The van der Waals surface area contributed by atoms with Crippen LogP contribution in [0, 0.1) is 0 Å². The lowest BCUT2D eigenvalue weighted by Gasteiger charge is -2.23. The van der Waals surface area contributed by atoms with E-state index < -0.39 is 28.5 Å². The van der Waals surface area contributed by atoms with Crippen molar-refractivity contribution in [2.75, 3.05) is 25.0 Å². The van der Waals surface area contributed by atoms with Crippen LogP contribution < -0.4 is 5.32 Å². The van der Waals surface area contributed by atoms with E-state index in [2.05, 4.69) is 5.32 Å². The largest absolute Gasteiger partial charge is 0.452 e. The van der Waals surface area contributed by atoms with E-state index in [0.717, 1.165) is 5.56 Å². The number of nitrogens with one attached hydrogen (secondary N) is 1. The third-order valence-corrected chi connectivity index (χ3v) is 7.37. The number of carbonyl (C=O) groups is 2. The highest BCUT2D eigenvalue weighted by molar-refractivity contribution is 7.89. The second kappa shape index (κ2) is 10.5. The standard InChI is InChI=1S/C23H29ClN2O5S/c1-6-26(7-2)32(29,30)20-14-16(12-13-18(20)24)22(28)31-15-21(27)25-19-11-9-8-10-17(19)23(3,4)5/h8-14H,6-7,15H2,1-5H3,(H,25,27). The normalized spacial score (nSPS) is 12.0. The van der Waals surface area contributed by atoms with Crippen LogP contribution in [-0.2, 0) is 25.0 Å². The molecule has 0 radical (unpaired) electrons. The maximum absolute atomic E-state index is 12.8. The van der Waals surface area contributed by atoms with Crippen molar-refractivity contribution in [3.05, 3.63) is 58.6 Å². The molecule has 0 atom stereocenters. The molecule has 0 aliphatic carbocycles. The second-order valence-electron chi connectivity index (χ2n) is 8.15. The molecule has 0 aliphatic heterocycles. The number of anilines is 1. The summed E-state index contributed by atoms with van der Waals surface area (Å²) in [7, 11) is -3.86. The molecule has 174 valence electrons. The summed E-state index contributed by atoms with van der Waals surface area (Å²) in [6.07, 6.45) is 0. The number of ether oxygens (including phenoxy) is 1. The summed E-state index contributed by atoms with van der Waals surface area (Å²) in [6.45, 7) is 9.53. The third kappa shape index (κ3) is 6.09. The summed E-state index contributed by atoms with van der Waals surface area (Å²) in [5.74, 6) is -1.32. The zero-order valence-electron chi connectivity index (χ0n) is 18.9. The first-order chi connectivity index (χ1) is 14.9. The van der Waals surface area contributed by atoms with E-state index in [-0.39, 0.29) is 34.0 Å². The van der Waals surface area contributed by atoms with Gasteiger partial charge >= 0.3 is 5.97 Å². The van der Waals surface area contributed by atoms with Crippen LogP contribution in [-0.4, -0.2) is 44.3 Å². The van der Waals surface area contributed by atoms with Crippen LogP contribution in [0.2, 0.25) is 5.02 Å². The Hall–Kier alpha value is -2.42. The summed E-state index contributed by atoms with van der Waals surface area (Å²) < 4.78 is 31.9. The Morgan fingerprint density at radius 3 is 2.28 bits per heavy atom. The molecule has 1 amide bonds. The molecule has 0 bridgehead atoms. The lowest BCUT2D eigenvalue weighted by Crippen LogP contribution is -2.31. The molecule has 0 saturated carbocycles. The van der Waals surface area contributed by atoms with Crippen molar-refractivity contribution >= 4 is 39.2 Å². The van der Waals surface area contributed by atoms with Crippen LogP contribution in [0.25, 0.3) is 0 Å². The summed E-state index contributed by atoms with van der Waals surface area (Å²) in [5, 5.41) is 2.76. The van der Waals surface area contributed by atoms with E-state index in [1.165, 1.54) is 22.5 Å². The highest BCUT2D eigenvalue weighted by Gasteiger charge is 2.26. The van der Waals surface area contributed by atoms with Crippen molar-refractivity contribution < 1.29 is 22.7 Å². The number of esters is 1. The van der Waals surface area contributed by atoms with Gasteiger partial charge in [-0.2, -0.15) is 4.31 Å². The molecule has 32 heavy (non-hydrogen) atoms. The number of sulfonamides is 1. The number of rotatable bonds is 8. The summed E-state index contributed by atoms with van der Waals surface area (Å²) in [5.41, 5.74) is 1.39. The minimum atomic E-state index is -3.86. The highest BCUT2D eigenvalue weighted by atomic mass is 35.5. The first kappa shape index (κ1) is 25.8. The van der Waals surface area contributed by atoms with Gasteiger partial charge in [-0.3, -0.25) is 4.79 Å². The van der Waals surface area contributed by atoms with Crippen molar-refractivity contribution in [2.45, 2.75) is 44.9 Å². The van der Waals surface area contributed by atoms with Crippen molar-refractivity contribution in [3.8, 4) is 0 Å². The molecule has 1 N–H and O–H groups in total. The molecule has 9 heteroatoms. The van der Waals surface area contributed by atoms with Gasteiger partial charge in [-0.1, -0.05) is 64.4 Å². The van der Waals surface area contributed by atoms with Gasteiger partial charge < -0.3 is 10.1 Å². The molecular weight excluding hydrogens is 452 g/mol. The molecule has 2 aromatic rings. The molecule has 0 fully saturated rings. The van der Waals surface area contributed by atoms with Gasteiger partial charge in [-0.25, -0.2) is 13.2 Å². The van der Waals surface area contributed by atoms with E-state index in [1.54, 1.807) is 19.9 Å². The number of amides is 1. The molecule has 7 nitrogen and oxygen atoms in total. The predicted molar refractivity (Wildman–Crippen MR) is 126 cm³/mol. The van der Waals surface area contributed by atoms with Crippen LogP contribution in [0.15, 0.2) is 47.4 Å². The van der Waals surface area contributed by atoms with Gasteiger partial charge in [0.15, 0.2) is 6.61 Å². The van der Waals surface area contributed by atoms with Crippen LogP contribution in [0.3, 0.4) is 0 Å². The average Bonchev–Trinajstić information content (AvgIpc) is 2.72. The Balaban J connectivity index is 2.14. The minimum absolute atomic E-state index is 0.00461. The zero-order valence-corrected chi connectivity index (χ0v) is 20.5. The van der Waals surface area contributed by atoms with Crippen LogP contribution in [0.1, 0.15) is 50.5 Å². The van der Waals surface area contributed by atoms with E-state index in [9.17, 15) is 18.0 Å². The number of benzene rings is 2. The minimum Gasteiger partial charge on any atom is -0.452 e. The number of hydrogen-bond acceptors (Lipinski definition) is 5. The Kier molecular flexibility index (Phi) is 8.45. The first-order valence-electron chi connectivity index (χ1n) is 10.3. The first-order valence-corrected chi connectivity index (χ1v) is 12.1. The van der Waals surface area contributed by atoms with Gasteiger partial charge in [0.1, 0.15) is 4.90 Å². The molecule has 0 aromatic heterocycles. The highest BCUT2D eigenvalue weighted by Crippen LogP contribution is 2.29. The molecule has 0 unspecified atom stereocenters. The molecular formula is C23H29ClN2O5S. The van der Waals surface area contributed by atoms with Crippen molar-refractivity contribution in [3.63, 3.8) is 0 Å². The fourth-order valence-electron chi connectivity index (χ4n) is 3.18. The number of carbonyl (C=O) groups excluding carboxylic acids is 2. The van der Waals surface area contributed by atoms with E-state index in [0.29, 0.717) is 5.69 Å². The Labute approximate surface area is 194 Å². The molecule has 2 aromatic carbocycles. The molecule has 2 rings (SSSR count). The SMILES string of the molecule is CCN(CC)S(=O)(=O)c1cc(C(=O)OCC(=O)Nc2ccccc2C(C)(C)C)ccc1Cl. The topological polar surface area (TPSA) is 92.8 Å². The maximum Gasteiger partial charge on any atom is 0.338 e. The van der Waals surface area contributed by atoms with Crippen LogP contribution in [0.4, 0.5) is 5.69 Å². The monoisotopic (exact) mass is 480 g/mol. The Morgan fingerprint density at radius 1 is 1.06 bits per heavy atom. The summed E-state index contributed by atoms with van der Waals surface area (Å²) >= 11 is 6.09. The fourth-order valence-corrected chi connectivity index (χ4v) is 5.14.